The van der Waals surface area contributed by atoms with Crippen LogP contribution in [-0.2, 0) is 11.3 Å². The number of Topliss-reactive ketones (excluding diaryl/α,β-unsaturated/α-hetero) is 1. The molecule has 4 aliphatic rings. The number of nitrogens with zero attached hydrogens (tertiary/aromatic N) is 4. The van der Waals surface area contributed by atoms with Crippen LogP contribution in [0.15, 0.2) is 18.5 Å². The molecule has 0 bridgehead atoms. The molecule has 4 aliphatic carbocycles. The Morgan fingerprint density at radius 2 is 1.85 bits per heavy atom. The molecule has 0 unspecified atom stereocenters. The quantitative estimate of drug-likeness (QED) is 0.673. The second kappa shape index (κ2) is 7.84. The van der Waals surface area contributed by atoms with Gasteiger partial charge in [-0.15, -0.1) is 0 Å². The number of fused-ring (bicyclic) bond motifs is 6. The topological polar surface area (TPSA) is 80.9 Å². The largest absolute Gasteiger partial charge is 0.390 e. The number of pyridine rings is 1. The Balaban J connectivity index is 1.21. The summed E-state index contributed by atoms with van der Waals surface area (Å²) in [5.41, 5.74) is 1.53. The van der Waals surface area contributed by atoms with Crippen LogP contribution < -0.4 is 0 Å². The molecule has 4 saturated carbocycles. The van der Waals surface area contributed by atoms with E-state index in [1.54, 1.807) is 17.2 Å². The number of rotatable bonds is 4. The Labute approximate surface area is 202 Å². The van der Waals surface area contributed by atoms with Crippen molar-refractivity contribution >= 4 is 16.8 Å². The van der Waals surface area contributed by atoms with Gasteiger partial charge >= 0.3 is 0 Å². The Bertz CT molecular complexity index is 1070. The number of carbonyl (C=O) groups excluding carboxylic acids is 1. The Hall–Kier alpha value is -1.82. The zero-order valence-electron chi connectivity index (χ0n) is 21.0. The van der Waals surface area contributed by atoms with Crippen LogP contribution in [0.1, 0.15) is 85.0 Å². The zero-order valence-corrected chi connectivity index (χ0v) is 21.0. The molecule has 0 radical (unpaired) electrons. The number of ketones is 1. The Kier molecular flexibility index (Phi) is 5.22. The summed E-state index contributed by atoms with van der Waals surface area (Å²) >= 11 is 0. The van der Waals surface area contributed by atoms with Crippen molar-refractivity contribution in [2.24, 2.45) is 40.4 Å². The van der Waals surface area contributed by atoms with Crippen molar-refractivity contribution in [3.63, 3.8) is 0 Å². The van der Waals surface area contributed by atoms with Gasteiger partial charge in [0.05, 0.1) is 11.8 Å². The summed E-state index contributed by atoms with van der Waals surface area (Å²) in [6.07, 6.45) is 14.6. The van der Waals surface area contributed by atoms with Crippen LogP contribution in [0, 0.1) is 40.4 Å². The molecule has 0 saturated heterocycles. The number of hydrogen-bond acceptors (Lipinski definition) is 5. The maximum absolute atomic E-state index is 13.6. The normalized spacial score (nSPS) is 43.8. The molecule has 2 aromatic heterocycles. The summed E-state index contributed by atoms with van der Waals surface area (Å²) < 4.78 is 0. The summed E-state index contributed by atoms with van der Waals surface area (Å²) in [6.45, 7) is 7.40. The fourth-order valence-corrected chi connectivity index (χ4v) is 9.52. The predicted octanol–water partition coefficient (Wildman–Crippen LogP) is 5.20. The van der Waals surface area contributed by atoms with Crippen LogP contribution >= 0.6 is 0 Å². The van der Waals surface area contributed by atoms with E-state index in [2.05, 4.69) is 36.0 Å². The monoisotopic (exact) mass is 464 g/mol. The summed E-state index contributed by atoms with van der Waals surface area (Å²) in [5, 5.41) is 20.0. The Morgan fingerprint density at radius 1 is 1.06 bits per heavy atom. The molecule has 1 N–H and O–H groups in total. The van der Waals surface area contributed by atoms with Crippen molar-refractivity contribution in [3.8, 4) is 0 Å². The standard InChI is InChI=1S/C28H40N4O2/c1-4-28(34)13-8-19-18(15-28)7-11-26(2)20(19)9-12-27(3)21(5-6-25(26)27)24(33)17-32-30-22-10-14-29-16-23(22)31-32/h10,14,16,18-21,25,34H,4-9,11-13,15,17H2,1-3H3/t18-,19+,20-,21-,25+,26-,27-,28-/m1/s1. The summed E-state index contributed by atoms with van der Waals surface area (Å²) in [6, 6.07) is 1.85. The fraction of sp³-hybridized carbons (Fsp3) is 0.786. The molecule has 0 spiro atoms. The van der Waals surface area contributed by atoms with E-state index in [0.29, 0.717) is 23.0 Å². The van der Waals surface area contributed by atoms with Gasteiger partial charge in [-0.2, -0.15) is 15.0 Å². The number of aliphatic hydroxyl groups is 1. The summed E-state index contributed by atoms with van der Waals surface area (Å²) in [4.78, 5) is 19.3. The first-order valence-electron chi connectivity index (χ1n) is 13.7. The lowest BCUT2D eigenvalue weighted by Crippen LogP contribution is -2.56. The molecule has 6 nitrogen and oxygen atoms in total. The molecule has 184 valence electrons. The van der Waals surface area contributed by atoms with Crippen molar-refractivity contribution in [2.75, 3.05) is 0 Å². The van der Waals surface area contributed by atoms with Crippen LogP contribution in [0.2, 0.25) is 0 Å². The molecule has 0 aliphatic heterocycles. The maximum Gasteiger partial charge on any atom is 0.159 e. The second-order valence-electron chi connectivity index (χ2n) is 12.7. The molecule has 8 atom stereocenters. The smallest absolute Gasteiger partial charge is 0.159 e. The van der Waals surface area contributed by atoms with Crippen molar-refractivity contribution in [1.82, 2.24) is 20.0 Å². The lowest BCUT2D eigenvalue weighted by atomic mass is 9.43. The van der Waals surface area contributed by atoms with Gasteiger partial charge < -0.3 is 5.11 Å². The number of hydrogen-bond donors (Lipinski definition) is 1. The van der Waals surface area contributed by atoms with E-state index >= 15 is 0 Å². The van der Waals surface area contributed by atoms with E-state index < -0.39 is 5.60 Å². The van der Waals surface area contributed by atoms with Gasteiger partial charge in [-0.25, -0.2) is 0 Å². The number of aromatic nitrogens is 4. The molecule has 6 rings (SSSR count). The van der Waals surface area contributed by atoms with E-state index in [1.165, 1.54) is 32.1 Å². The molecule has 2 aromatic rings. The minimum Gasteiger partial charge on any atom is -0.390 e. The molecule has 0 aromatic carbocycles. The third-order valence-corrected chi connectivity index (χ3v) is 11.3. The highest BCUT2D eigenvalue weighted by Crippen LogP contribution is 2.69. The van der Waals surface area contributed by atoms with Crippen molar-refractivity contribution < 1.29 is 9.90 Å². The predicted molar refractivity (Wildman–Crippen MR) is 131 cm³/mol. The third-order valence-electron chi connectivity index (χ3n) is 11.3. The van der Waals surface area contributed by atoms with E-state index in [-0.39, 0.29) is 17.9 Å². The molecule has 34 heavy (non-hydrogen) atoms. The van der Waals surface area contributed by atoms with Crippen molar-refractivity contribution in [2.45, 2.75) is 97.1 Å². The summed E-state index contributed by atoms with van der Waals surface area (Å²) in [5.74, 6) is 3.24. The minimum atomic E-state index is -0.426. The first kappa shape index (κ1) is 22.6. The van der Waals surface area contributed by atoms with Crippen molar-refractivity contribution in [1.29, 1.82) is 0 Å². The van der Waals surface area contributed by atoms with Crippen LogP contribution in [0.3, 0.4) is 0 Å². The van der Waals surface area contributed by atoms with Gasteiger partial charge in [-0.3, -0.25) is 9.78 Å². The van der Waals surface area contributed by atoms with Crippen LogP contribution in [0.25, 0.3) is 11.0 Å². The highest BCUT2D eigenvalue weighted by atomic mass is 16.3. The average molecular weight is 465 g/mol. The maximum atomic E-state index is 13.6. The van der Waals surface area contributed by atoms with Gasteiger partial charge in [-0.1, -0.05) is 20.8 Å². The SMILES string of the molecule is CC[C@@]1(O)CC[C@H]2[C@H](CC[C@@]3(C)[C@@H]4CC[C@H](C(=O)Cn5nc6ccncc6n5)[C@@]4(C)CC[C@H]23)C1. The number of carbonyl (C=O) groups is 1. The average Bonchev–Trinajstić information content (AvgIpc) is 3.39. The van der Waals surface area contributed by atoms with Gasteiger partial charge in [0.15, 0.2) is 5.78 Å². The fourth-order valence-electron chi connectivity index (χ4n) is 9.52. The van der Waals surface area contributed by atoms with Gasteiger partial charge in [-0.05, 0) is 105 Å². The molecule has 2 heterocycles. The van der Waals surface area contributed by atoms with E-state index in [9.17, 15) is 9.90 Å². The van der Waals surface area contributed by atoms with Gasteiger partial charge in [0.25, 0.3) is 0 Å². The van der Waals surface area contributed by atoms with Crippen LogP contribution in [0.5, 0.6) is 0 Å². The van der Waals surface area contributed by atoms with E-state index in [1.807, 2.05) is 6.07 Å². The zero-order chi connectivity index (χ0) is 23.7. The molecule has 0 amide bonds. The molecule has 6 heteroatoms. The van der Waals surface area contributed by atoms with E-state index in [4.69, 9.17) is 0 Å². The van der Waals surface area contributed by atoms with Crippen LogP contribution in [0.4, 0.5) is 0 Å². The Morgan fingerprint density at radius 3 is 2.65 bits per heavy atom. The van der Waals surface area contributed by atoms with Gasteiger partial charge in [0.2, 0.25) is 0 Å². The molecular weight excluding hydrogens is 424 g/mol. The minimum absolute atomic E-state index is 0.0854. The van der Waals surface area contributed by atoms with Gasteiger partial charge in [0.1, 0.15) is 17.6 Å². The first-order valence-corrected chi connectivity index (χ1v) is 13.7. The highest BCUT2D eigenvalue weighted by Gasteiger charge is 2.63. The second-order valence-corrected chi connectivity index (χ2v) is 12.7. The molecular formula is C28H40N4O2. The first-order chi connectivity index (χ1) is 16.3. The highest BCUT2D eigenvalue weighted by molar-refractivity contribution is 5.82. The van der Waals surface area contributed by atoms with Crippen molar-refractivity contribution in [3.05, 3.63) is 18.5 Å². The lowest BCUT2D eigenvalue weighted by Gasteiger charge is -2.62. The summed E-state index contributed by atoms with van der Waals surface area (Å²) in [7, 11) is 0. The third kappa shape index (κ3) is 3.30. The molecule has 4 fully saturated rings. The lowest BCUT2D eigenvalue weighted by molar-refractivity contribution is -0.154. The van der Waals surface area contributed by atoms with Gasteiger partial charge in [0, 0.05) is 12.1 Å². The van der Waals surface area contributed by atoms with E-state index in [0.717, 1.165) is 55.0 Å². The van der Waals surface area contributed by atoms with Crippen LogP contribution in [-0.4, -0.2) is 36.5 Å².